The molecule has 4 aliphatic heterocycles. The number of halogens is 8. The maximum atomic E-state index is 6.98. The molecule has 0 radical (unpaired) electrons. The third-order valence-corrected chi connectivity index (χ3v) is 12.5. The number of fused-ring (bicyclic) bond motifs is 6. The van der Waals surface area contributed by atoms with Crippen molar-refractivity contribution in [3.8, 4) is 0 Å². The summed E-state index contributed by atoms with van der Waals surface area (Å²) < 4.78 is 0. The van der Waals surface area contributed by atoms with Crippen LogP contribution in [0.15, 0.2) is 148 Å². The summed E-state index contributed by atoms with van der Waals surface area (Å²) in [5, 5.41) is 7.47. The third-order valence-electron chi connectivity index (χ3n) is 9.98. The van der Waals surface area contributed by atoms with Crippen molar-refractivity contribution in [2.24, 2.45) is 9.98 Å². The summed E-state index contributed by atoms with van der Waals surface area (Å²) in [6.07, 6.45) is 11.8. The molecule has 4 nitrogen and oxygen atoms in total. The summed E-state index contributed by atoms with van der Waals surface area (Å²) in [6, 6.07) is 25.2. The van der Waals surface area contributed by atoms with Crippen molar-refractivity contribution < 1.29 is 0 Å². The van der Waals surface area contributed by atoms with Crippen molar-refractivity contribution in [1.82, 2.24) is 10.3 Å². The number of benzene rings is 4. The maximum absolute atomic E-state index is 6.98. The van der Waals surface area contributed by atoms with Gasteiger partial charge in [-0.2, -0.15) is 0 Å². The first-order chi connectivity index (χ1) is 27.1. The van der Waals surface area contributed by atoms with E-state index < -0.39 is 5.92 Å². The Hall–Kier alpha value is -3.94. The molecular weight excluding hydrogens is 868 g/mol. The minimum Gasteiger partial charge on any atom is -0.377 e. The molecule has 5 heterocycles. The second-order valence-corrected chi connectivity index (χ2v) is 16.5. The Bertz CT molecular complexity index is 2700. The molecule has 0 saturated carbocycles. The quantitative estimate of drug-likeness (QED) is 0.186. The van der Waals surface area contributed by atoms with Gasteiger partial charge in [0, 0.05) is 66.1 Å². The number of aromatic amines is 1. The van der Waals surface area contributed by atoms with Crippen LogP contribution in [0, 0.1) is 0 Å². The first-order valence-corrected chi connectivity index (χ1v) is 20.3. The standard InChI is InChI=1S/C44H24Cl8N4/c45-21-5-1-6-22(46)37(21)41-29-13-15-31(53-29)42(38-23(47)7-2-8-24(38)48)33-17-19-35(55-33)44(40-27(51)11-4-12-28(40)52)36-20-18-34(56-36)43(32-16-14-30(41)54-32)39-25(49)9-3-10-26(39)50/h1-20,29,41,53,56H/b42-31+,43-32+,44-35+. The Kier molecular flexibility index (Phi) is 10.1. The SMILES string of the molecule is Clc1cccc(Cl)c1/C1=C2\C=CC(N2)C(c2c(Cl)cccc2Cl)C2=N/C(=C(/c3c(Cl)cccc3Cl)c3ccc([nH]3)/C(c3c(Cl)cccc3Cl)=C3/C=CC1=N3)C=C2. The zero-order valence-corrected chi connectivity index (χ0v) is 34.7. The molecular formula is C44H24Cl8N4. The Labute approximate surface area is 362 Å². The van der Waals surface area contributed by atoms with Gasteiger partial charge in [0.05, 0.1) is 64.9 Å². The van der Waals surface area contributed by atoms with Gasteiger partial charge in [-0.05, 0) is 91.0 Å². The van der Waals surface area contributed by atoms with E-state index in [-0.39, 0.29) is 6.04 Å². The molecule has 0 amide bonds. The Balaban J connectivity index is 1.39. The number of rotatable bonds is 4. The van der Waals surface area contributed by atoms with Crippen LogP contribution in [0.1, 0.15) is 39.6 Å². The van der Waals surface area contributed by atoms with Crippen molar-refractivity contribution >= 4 is 121 Å². The molecule has 0 saturated heterocycles. The minimum absolute atomic E-state index is 0.378. The maximum Gasteiger partial charge on any atom is 0.0738 e. The summed E-state index contributed by atoms with van der Waals surface area (Å²) in [6.45, 7) is 0. The minimum atomic E-state index is -0.456. The predicted molar refractivity (Wildman–Crippen MR) is 238 cm³/mol. The van der Waals surface area contributed by atoms with Gasteiger partial charge in [-0.3, -0.25) is 4.99 Å². The van der Waals surface area contributed by atoms with E-state index in [0.717, 1.165) is 5.70 Å². The van der Waals surface area contributed by atoms with Crippen molar-refractivity contribution in [2.45, 2.75) is 12.0 Å². The summed E-state index contributed by atoms with van der Waals surface area (Å²) >= 11 is 55.7. The van der Waals surface area contributed by atoms with Crippen LogP contribution in [-0.4, -0.2) is 22.4 Å². The van der Waals surface area contributed by atoms with E-state index in [1.807, 2.05) is 66.8 Å². The van der Waals surface area contributed by atoms with Crippen LogP contribution < -0.4 is 5.32 Å². The van der Waals surface area contributed by atoms with Gasteiger partial charge in [-0.1, -0.05) is 123 Å². The van der Waals surface area contributed by atoms with E-state index in [2.05, 4.69) is 16.4 Å². The van der Waals surface area contributed by atoms with E-state index in [9.17, 15) is 0 Å². The highest BCUT2D eigenvalue weighted by Crippen LogP contribution is 2.46. The van der Waals surface area contributed by atoms with E-state index in [1.165, 1.54) is 0 Å². The van der Waals surface area contributed by atoms with Gasteiger partial charge in [0.15, 0.2) is 0 Å². The Morgan fingerprint density at radius 3 is 1.41 bits per heavy atom. The fraction of sp³-hybridized carbons (Fsp3) is 0.0455. The van der Waals surface area contributed by atoms with E-state index >= 15 is 0 Å². The molecule has 56 heavy (non-hydrogen) atoms. The zero-order valence-electron chi connectivity index (χ0n) is 28.6. The van der Waals surface area contributed by atoms with E-state index in [1.54, 1.807) is 48.5 Å². The largest absolute Gasteiger partial charge is 0.377 e. The third kappa shape index (κ3) is 6.51. The van der Waals surface area contributed by atoms with Gasteiger partial charge in [0.2, 0.25) is 0 Å². The molecule has 4 aliphatic rings. The molecule has 8 bridgehead atoms. The van der Waals surface area contributed by atoms with Crippen LogP contribution in [0.5, 0.6) is 0 Å². The number of nitrogens with one attached hydrogen (secondary N) is 2. The molecule has 5 aromatic rings. The number of aliphatic imine (C=N–C) groups is 2. The number of hydrogen-bond donors (Lipinski definition) is 2. The molecule has 0 spiro atoms. The molecule has 2 N–H and O–H groups in total. The van der Waals surface area contributed by atoms with Gasteiger partial charge in [0.25, 0.3) is 0 Å². The number of allylic oxidation sites excluding steroid dienone is 6. The van der Waals surface area contributed by atoms with Crippen LogP contribution in [0.2, 0.25) is 40.2 Å². The predicted octanol–water partition coefficient (Wildman–Crippen LogP) is 14.5. The van der Waals surface area contributed by atoms with Crippen LogP contribution in [0.4, 0.5) is 0 Å². The number of aromatic nitrogens is 1. The van der Waals surface area contributed by atoms with E-state index in [4.69, 9.17) is 103 Å². The first kappa shape index (κ1) is 37.6. The Morgan fingerprint density at radius 2 is 0.893 bits per heavy atom. The van der Waals surface area contributed by atoms with Crippen LogP contribution in [0.25, 0.3) is 16.7 Å². The fourth-order valence-corrected chi connectivity index (χ4v) is 9.97. The van der Waals surface area contributed by atoms with Gasteiger partial charge >= 0.3 is 0 Å². The van der Waals surface area contributed by atoms with E-state index in [0.29, 0.717) is 113 Å². The molecule has 2 atom stereocenters. The molecule has 0 fully saturated rings. The van der Waals surface area contributed by atoms with Gasteiger partial charge in [-0.15, -0.1) is 0 Å². The lowest BCUT2D eigenvalue weighted by molar-refractivity contribution is 0.666. The van der Waals surface area contributed by atoms with Crippen LogP contribution in [-0.2, 0) is 0 Å². The molecule has 4 aromatic carbocycles. The fourth-order valence-electron chi connectivity index (χ4n) is 7.57. The summed E-state index contributed by atoms with van der Waals surface area (Å²) in [5.41, 5.74) is 9.23. The van der Waals surface area contributed by atoms with Crippen LogP contribution >= 0.6 is 92.8 Å². The van der Waals surface area contributed by atoms with Crippen molar-refractivity contribution in [3.05, 3.63) is 212 Å². The lowest BCUT2D eigenvalue weighted by Crippen LogP contribution is -2.33. The summed E-state index contributed by atoms with van der Waals surface area (Å²) in [4.78, 5) is 14.2. The van der Waals surface area contributed by atoms with Gasteiger partial charge in [0.1, 0.15) is 0 Å². The number of H-pyrrole nitrogens is 1. The number of hydrogen-bond acceptors (Lipinski definition) is 3. The highest BCUT2D eigenvalue weighted by Gasteiger charge is 2.36. The molecule has 276 valence electrons. The average Bonchev–Trinajstić information content (AvgIpc) is 4.00. The lowest BCUT2D eigenvalue weighted by atomic mass is 9.87. The summed E-state index contributed by atoms with van der Waals surface area (Å²) in [7, 11) is 0. The topological polar surface area (TPSA) is 52.5 Å². The Morgan fingerprint density at radius 1 is 0.446 bits per heavy atom. The average molecular weight is 892 g/mol. The molecule has 9 rings (SSSR count). The lowest BCUT2D eigenvalue weighted by Gasteiger charge is -2.26. The van der Waals surface area contributed by atoms with Crippen molar-refractivity contribution in [3.63, 3.8) is 0 Å². The highest BCUT2D eigenvalue weighted by atomic mass is 35.5. The monoisotopic (exact) mass is 888 g/mol. The normalized spacial score (nSPS) is 22.5. The van der Waals surface area contributed by atoms with Gasteiger partial charge in [-0.25, -0.2) is 4.99 Å². The molecule has 12 heteroatoms. The number of nitrogens with zero attached hydrogens (tertiary/aromatic N) is 2. The smallest absolute Gasteiger partial charge is 0.0738 e. The summed E-state index contributed by atoms with van der Waals surface area (Å²) in [5.74, 6) is -0.456. The molecule has 1 aromatic heterocycles. The molecule has 0 aliphatic carbocycles. The van der Waals surface area contributed by atoms with Gasteiger partial charge < -0.3 is 10.3 Å². The zero-order chi connectivity index (χ0) is 38.8. The van der Waals surface area contributed by atoms with Crippen molar-refractivity contribution in [1.29, 1.82) is 0 Å². The first-order valence-electron chi connectivity index (χ1n) is 17.3. The second kappa shape index (κ2) is 15.1. The second-order valence-electron chi connectivity index (χ2n) is 13.2. The van der Waals surface area contributed by atoms with Crippen molar-refractivity contribution in [2.75, 3.05) is 0 Å². The highest BCUT2D eigenvalue weighted by molar-refractivity contribution is 6.44. The molecule has 2 unspecified atom stereocenters. The van der Waals surface area contributed by atoms with Crippen LogP contribution in [0.3, 0.4) is 0 Å².